The van der Waals surface area contributed by atoms with Crippen LogP contribution in [0.5, 0.6) is 0 Å². The molecule has 0 aliphatic heterocycles. The fourth-order valence-electron chi connectivity index (χ4n) is 1.91. The summed E-state index contributed by atoms with van der Waals surface area (Å²) in [7, 11) is 1.80. The number of hydrogen-bond acceptors (Lipinski definition) is 4. The zero-order valence-corrected chi connectivity index (χ0v) is 10.8. The Balaban J connectivity index is 2.06. The highest BCUT2D eigenvalue weighted by Gasteiger charge is 2.11. The second-order valence-corrected chi connectivity index (χ2v) is 4.43. The van der Waals surface area contributed by atoms with E-state index in [9.17, 15) is 0 Å². The molecule has 0 atom stereocenters. The summed E-state index contributed by atoms with van der Waals surface area (Å²) in [6.07, 6.45) is 3.45. The number of fused-ring (bicyclic) bond motifs is 1. The lowest BCUT2D eigenvalue weighted by atomic mass is 10.4. The van der Waals surface area contributed by atoms with E-state index in [1.54, 1.807) is 28.6 Å². The third-order valence-electron chi connectivity index (χ3n) is 2.85. The van der Waals surface area contributed by atoms with Gasteiger partial charge >= 0.3 is 0 Å². The second-order valence-electron chi connectivity index (χ2n) is 4.07. The van der Waals surface area contributed by atoms with Gasteiger partial charge in [0.25, 0.3) is 0 Å². The minimum absolute atomic E-state index is 0.374. The van der Waals surface area contributed by atoms with Crippen molar-refractivity contribution in [2.45, 2.75) is 6.54 Å². The van der Waals surface area contributed by atoms with Crippen molar-refractivity contribution in [1.29, 1.82) is 5.26 Å². The summed E-state index contributed by atoms with van der Waals surface area (Å²) >= 11 is 6.11. The van der Waals surface area contributed by atoms with Crippen LogP contribution in [0.15, 0.2) is 24.5 Å². The smallest absolute Gasteiger partial charge is 0.162 e. The normalized spacial score (nSPS) is 10.8. The van der Waals surface area contributed by atoms with Gasteiger partial charge < -0.3 is 4.57 Å². The number of nitrogens with zero attached hydrogens (tertiary/aromatic N) is 6. The molecule has 3 aromatic heterocycles. The average molecular weight is 273 g/mol. The molecule has 0 radical (unpaired) electrons. The maximum absolute atomic E-state index is 8.97. The predicted molar refractivity (Wildman–Crippen MR) is 69.6 cm³/mol. The summed E-state index contributed by atoms with van der Waals surface area (Å²) < 4.78 is 3.42. The summed E-state index contributed by atoms with van der Waals surface area (Å²) in [4.78, 5) is 8.66. The maximum Gasteiger partial charge on any atom is 0.162 e. The van der Waals surface area contributed by atoms with Gasteiger partial charge in [0.1, 0.15) is 16.9 Å². The largest absolute Gasteiger partial charge is 0.332 e. The number of halogens is 1. The molecule has 3 heterocycles. The van der Waals surface area contributed by atoms with Crippen molar-refractivity contribution < 1.29 is 0 Å². The summed E-state index contributed by atoms with van der Waals surface area (Å²) in [5, 5.41) is 14.2. The molecule has 0 saturated heterocycles. The molecule has 3 aromatic rings. The Hall–Kier alpha value is -2.39. The monoisotopic (exact) mass is 272 g/mol. The third-order valence-corrected chi connectivity index (χ3v) is 3.14. The van der Waals surface area contributed by atoms with Gasteiger partial charge in [0.15, 0.2) is 11.5 Å². The number of hydrogen-bond donors (Lipinski definition) is 0. The molecule has 0 amide bonds. The van der Waals surface area contributed by atoms with Crippen molar-refractivity contribution in [2.75, 3.05) is 0 Å². The van der Waals surface area contributed by atoms with Gasteiger partial charge in [-0.1, -0.05) is 11.6 Å². The zero-order chi connectivity index (χ0) is 13.4. The minimum Gasteiger partial charge on any atom is -0.332 e. The highest BCUT2D eigenvalue weighted by atomic mass is 35.5. The maximum atomic E-state index is 8.97. The third kappa shape index (κ3) is 1.94. The summed E-state index contributed by atoms with van der Waals surface area (Å²) in [5.74, 6) is 0.550. The van der Waals surface area contributed by atoms with Crippen molar-refractivity contribution in [1.82, 2.24) is 24.3 Å². The first kappa shape index (κ1) is 11.7. The lowest BCUT2D eigenvalue weighted by Gasteiger charge is -2.05. The Labute approximate surface area is 113 Å². The Kier molecular flexibility index (Phi) is 2.69. The van der Waals surface area contributed by atoms with Crippen LogP contribution >= 0.6 is 11.6 Å². The quantitative estimate of drug-likeness (QED) is 0.666. The molecule has 0 aliphatic carbocycles. The van der Waals surface area contributed by atoms with Crippen LogP contribution in [0.4, 0.5) is 0 Å². The minimum atomic E-state index is 0.374. The Bertz CT molecular complexity index is 794. The van der Waals surface area contributed by atoms with Gasteiger partial charge in [-0.05, 0) is 12.1 Å². The molecule has 3 rings (SSSR count). The molecule has 0 spiro atoms. The summed E-state index contributed by atoms with van der Waals surface area (Å²) in [6.45, 7) is 0.400. The van der Waals surface area contributed by atoms with Gasteiger partial charge in [0.2, 0.25) is 0 Å². The van der Waals surface area contributed by atoms with Crippen molar-refractivity contribution in [3.05, 3.63) is 41.2 Å². The second kappa shape index (κ2) is 4.37. The fraction of sp³-hybridized carbons (Fsp3) is 0.167. The van der Waals surface area contributed by atoms with Crippen LogP contribution in [-0.2, 0) is 13.6 Å². The van der Waals surface area contributed by atoms with Crippen LogP contribution in [-0.4, -0.2) is 24.3 Å². The van der Waals surface area contributed by atoms with Gasteiger partial charge in [0.05, 0.1) is 18.1 Å². The molecule has 0 fully saturated rings. The molecular weight excluding hydrogens is 264 g/mol. The van der Waals surface area contributed by atoms with Gasteiger partial charge in [-0.2, -0.15) is 10.4 Å². The molecular formula is C12H9ClN6. The van der Waals surface area contributed by atoms with Crippen LogP contribution < -0.4 is 0 Å². The van der Waals surface area contributed by atoms with Crippen LogP contribution in [0, 0.1) is 11.3 Å². The molecule has 0 bridgehead atoms. The predicted octanol–water partition coefficient (Wildman–Crippen LogP) is 1.74. The van der Waals surface area contributed by atoms with Crippen molar-refractivity contribution in [3.63, 3.8) is 0 Å². The van der Waals surface area contributed by atoms with E-state index in [0.717, 1.165) is 5.39 Å². The van der Waals surface area contributed by atoms with E-state index in [0.29, 0.717) is 28.9 Å². The molecule has 0 aliphatic rings. The van der Waals surface area contributed by atoms with Gasteiger partial charge in [-0.25, -0.2) is 9.97 Å². The van der Waals surface area contributed by atoms with E-state index in [2.05, 4.69) is 21.1 Å². The first-order valence-electron chi connectivity index (χ1n) is 5.58. The van der Waals surface area contributed by atoms with Crippen LogP contribution in [0.2, 0.25) is 5.15 Å². The molecule has 6 nitrogen and oxygen atoms in total. The molecule has 19 heavy (non-hydrogen) atoms. The Morgan fingerprint density at radius 3 is 3.05 bits per heavy atom. The molecule has 94 valence electrons. The lowest BCUT2D eigenvalue weighted by molar-refractivity contribution is 0.732. The number of rotatable bonds is 2. The van der Waals surface area contributed by atoms with Gasteiger partial charge in [-0.3, -0.25) is 4.68 Å². The van der Waals surface area contributed by atoms with E-state index >= 15 is 0 Å². The first-order chi connectivity index (χ1) is 9.19. The number of aromatic nitrogens is 5. The fourth-order valence-corrected chi connectivity index (χ4v) is 2.14. The summed E-state index contributed by atoms with van der Waals surface area (Å²) in [5.41, 5.74) is 1.24. The molecule has 0 unspecified atom stereocenters. The van der Waals surface area contributed by atoms with Crippen molar-refractivity contribution in [2.24, 2.45) is 7.05 Å². The van der Waals surface area contributed by atoms with E-state index in [1.165, 1.54) is 0 Å². The van der Waals surface area contributed by atoms with Crippen molar-refractivity contribution >= 4 is 22.6 Å². The van der Waals surface area contributed by atoms with Crippen LogP contribution in [0.1, 0.15) is 11.5 Å². The topological polar surface area (TPSA) is 72.3 Å². The molecule has 7 heteroatoms. The number of nitriles is 1. The standard InChI is InChI=1S/C12H9ClN6/c1-18-12-9(6-15-18)11(13)16-10(17-12)7-19-4-2-3-8(19)5-14/h2-4,6H,7H2,1H3. The zero-order valence-electron chi connectivity index (χ0n) is 10.1. The Morgan fingerprint density at radius 2 is 2.26 bits per heavy atom. The SMILES string of the molecule is Cn1ncc2c(Cl)nc(Cn3cccc3C#N)nc21. The highest BCUT2D eigenvalue weighted by molar-refractivity contribution is 6.33. The highest BCUT2D eigenvalue weighted by Crippen LogP contribution is 2.19. The Morgan fingerprint density at radius 1 is 1.42 bits per heavy atom. The van der Waals surface area contributed by atoms with Crippen LogP contribution in [0.3, 0.4) is 0 Å². The summed E-state index contributed by atoms with van der Waals surface area (Å²) in [6, 6.07) is 5.66. The van der Waals surface area contributed by atoms with Crippen LogP contribution in [0.25, 0.3) is 11.0 Å². The van der Waals surface area contributed by atoms with Gasteiger partial charge in [-0.15, -0.1) is 0 Å². The molecule has 0 N–H and O–H groups in total. The van der Waals surface area contributed by atoms with E-state index in [1.807, 2.05) is 12.3 Å². The molecule has 0 saturated carbocycles. The van der Waals surface area contributed by atoms with E-state index in [-0.39, 0.29) is 0 Å². The van der Waals surface area contributed by atoms with E-state index < -0.39 is 0 Å². The first-order valence-corrected chi connectivity index (χ1v) is 5.96. The lowest BCUT2D eigenvalue weighted by Crippen LogP contribution is -2.06. The van der Waals surface area contributed by atoms with Crippen molar-refractivity contribution in [3.8, 4) is 6.07 Å². The van der Waals surface area contributed by atoms with Gasteiger partial charge in [0, 0.05) is 13.2 Å². The number of aryl methyl sites for hydroxylation is 1. The average Bonchev–Trinajstić information content (AvgIpc) is 2.97. The van der Waals surface area contributed by atoms with E-state index in [4.69, 9.17) is 16.9 Å². The molecule has 0 aromatic carbocycles.